The highest BCUT2D eigenvalue weighted by atomic mass is 32.2. The standard InChI is InChI=1S/C27H40N8O6S/c1-34(2)10-7-13-42(37,38)31-18-20-14-19-8-6-11-35(25(19)33-24(20)26(40-4)41-5)27(36)32-23-15-22(29-9-12-39-3)21(16-28)17-30-23/h14-15,17,26,31H,6-13,18H2,1-5H3,(H2,29,30,32,36). The molecular formula is C27H40N8O6S. The summed E-state index contributed by atoms with van der Waals surface area (Å²) in [6.45, 7) is 1.98. The van der Waals surface area contributed by atoms with Crippen molar-refractivity contribution in [3.63, 3.8) is 0 Å². The number of sulfonamides is 1. The largest absolute Gasteiger partial charge is 0.383 e. The van der Waals surface area contributed by atoms with Gasteiger partial charge in [0.15, 0.2) is 0 Å². The van der Waals surface area contributed by atoms with Crippen LogP contribution in [0.1, 0.15) is 41.5 Å². The van der Waals surface area contributed by atoms with E-state index in [2.05, 4.69) is 26.4 Å². The fourth-order valence-electron chi connectivity index (χ4n) is 4.48. The molecule has 2 aromatic rings. The molecule has 0 saturated heterocycles. The lowest BCUT2D eigenvalue weighted by Crippen LogP contribution is -2.40. The van der Waals surface area contributed by atoms with Crippen molar-refractivity contribution in [3.8, 4) is 6.07 Å². The number of nitriles is 1. The van der Waals surface area contributed by atoms with Crippen molar-refractivity contribution in [2.75, 3.05) is 83.0 Å². The van der Waals surface area contributed by atoms with Crippen LogP contribution >= 0.6 is 0 Å². The summed E-state index contributed by atoms with van der Waals surface area (Å²) in [5, 5.41) is 15.3. The van der Waals surface area contributed by atoms with Crippen LogP contribution in [-0.4, -0.2) is 96.7 Å². The van der Waals surface area contributed by atoms with Gasteiger partial charge in [-0.15, -0.1) is 0 Å². The van der Waals surface area contributed by atoms with Crippen LogP contribution in [0.4, 0.5) is 22.1 Å². The summed E-state index contributed by atoms with van der Waals surface area (Å²) in [7, 11) is 4.76. The van der Waals surface area contributed by atoms with E-state index in [9.17, 15) is 18.5 Å². The molecule has 3 rings (SSSR count). The normalized spacial score (nSPS) is 13.2. The Bertz CT molecular complexity index is 1360. The first-order chi connectivity index (χ1) is 20.1. The van der Waals surface area contributed by atoms with E-state index in [0.717, 1.165) is 5.56 Å². The van der Waals surface area contributed by atoms with Gasteiger partial charge in [-0.3, -0.25) is 10.2 Å². The van der Waals surface area contributed by atoms with Gasteiger partial charge >= 0.3 is 6.03 Å². The SMILES string of the molecule is COCCNc1cc(NC(=O)N2CCCc3cc(CNS(=O)(=O)CCCN(C)C)c(C(OC)OC)nc32)ncc1C#N. The summed E-state index contributed by atoms with van der Waals surface area (Å²) in [6, 6.07) is 5.07. The second-order valence-corrected chi connectivity index (χ2v) is 11.9. The zero-order valence-electron chi connectivity index (χ0n) is 24.8. The molecule has 0 saturated carbocycles. The lowest BCUT2D eigenvalue weighted by molar-refractivity contribution is -0.109. The van der Waals surface area contributed by atoms with Gasteiger partial charge in [0, 0.05) is 53.2 Å². The molecule has 2 aromatic heterocycles. The van der Waals surface area contributed by atoms with Crippen LogP contribution in [0.3, 0.4) is 0 Å². The van der Waals surface area contributed by atoms with Crippen molar-refractivity contribution in [1.82, 2.24) is 19.6 Å². The topological polar surface area (TPSA) is 171 Å². The number of ether oxygens (including phenoxy) is 3. The average molecular weight is 605 g/mol. The number of rotatable bonds is 15. The molecule has 230 valence electrons. The second-order valence-electron chi connectivity index (χ2n) is 9.95. The third kappa shape index (κ3) is 9.05. The van der Waals surface area contributed by atoms with Crippen LogP contribution in [0.5, 0.6) is 0 Å². The highest BCUT2D eigenvalue weighted by molar-refractivity contribution is 7.89. The van der Waals surface area contributed by atoms with Gasteiger partial charge < -0.3 is 24.4 Å². The number of nitrogens with one attached hydrogen (secondary N) is 3. The van der Waals surface area contributed by atoms with Crippen LogP contribution in [0.15, 0.2) is 18.3 Å². The Labute approximate surface area is 247 Å². The van der Waals surface area contributed by atoms with Gasteiger partial charge in [0.2, 0.25) is 16.3 Å². The second kappa shape index (κ2) is 15.7. The third-order valence-electron chi connectivity index (χ3n) is 6.55. The van der Waals surface area contributed by atoms with E-state index in [1.165, 1.54) is 25.3 Å². The van der Waals surface area contributed by atoms with Crippen molar-refractivity contribution in [1.29, 1.82) is 5.26 Å². The molecule has 0 bridgehead atoms. The van der Waals surface area contributed by atoms with E-state index >= 15 is 0 Å². The van der Waals surface area contributed by atoms with Crippen LogP contribution in [0.2, 0.25) is 0 Å². The summed E-state index contributed by atoms with van der Waals surface area (Å²) >= 11 is 0. The van der Waals surface area contributed by atoms with Crippen molar-refractivity contribution >= 4 is 33.4 Å². The number of anilines is 3. The molecule has 1 aliphatic heterocycles. The molecule has 0 fully saturated rings. The maximum Gasteiger partial charge on any atom is 0.328 e. The quantitative estimate of drug-likeness (QED) is 0.201. The van der Waals surface area contributed by atoms with E-state index in [0.29, 0.717) is 73.8 Å². The molecule has 2 amide bonds. The van der Waals surface area contributed by atoms with Crippen molar-refractivity contribution < 1.29 is 27.4 Å². The van der Waals surface area contributed by atoms with Crippen molar-refractivity contribution in [3.05, 3.63) is 40.7 Å². The molecule has 1 aliphatic rings. The molecule has 42 heavy (non-hydrogen) atoms. The number of urea groups is 1. The third-order valence-corrected chi connectivity index (χ3v) is 7.96. The van der Waals surface area contributed by atoms with Gasteiger partial charge in [-0.1, -0.05) is 0 Å². The van der Waals surface area contributed by atoms with Gasteiger partial charge in [-0.2, -0.15) is 5.26 Å². The van der Waals surface area contributed by atoms with Gasteiger partial charge in [0.25, 0.3) is 0 Å². The number of carbonyl (C=O) groups excluding carboxylic acids is 1. The Morgan fingerprint density at radius 1 is 1.24 bits per heavy atom. The number of methoxy groups -OCH3 is 3. The van der Waals surface area contributed by atoms with Crippen molar-refractivity contribution in [2.45, 2.75) is 32.1 Å². The summed E-state index contributed by atoms with van der Waals surface area (Å²) in [5.74, 6) is 0.688. The number of aromatic nitrogens is 2. The Balaban J connectivity index is 1.85. The molecule has 15 heteroatoms. The van der Waals surface area contributed by atoms with Gasteiger partial charge in [0.1, 0.15) is 23.4 Å². The number of aryl methyl sites for hydroxylation is 1. The lowest BCUT2D eigenvalue weighted by atomic mass is 10.0. The Hall–Kier alpha value is -3.39. The van der Waals surface area contributed by atoms with Crippen molar-refractivity contribution in [2.24, 2.45) is 0 Å². The Kier molecular flexibility index (Phi) is 12.4. The van der Waals surface area contributed by atoms with Gasteiger partial charge in [0.05, 0.1) is 23.6 Å². The zero-order chi connectivity index (χ0) is 30.7. The predicted molar refractivity (Wildman–Crippen MR) is 159 cm³/mol. The van der Waals surface area contributed by atoms with Crippen LogP contribution in [0.25, 0.3) is 0 Å². The van der Waals surface area contributed by atoms with Crippen LogP contribution < -0.4 is 20.3 Å². The summed E-state index contributed by atoms with van der Waals surface area (Å²) in [4.78, 5) is 25.9. The number of hydrogen-bond acceptors (Lipinski definition) is 11. The maximum atomic E-state index is 13.4. The monoisotopic (exact) mass is 604 g/mol. The molecule has 14 nitrogen and oxygen atoms in total. The number of fused-ring (bicyclic) bond motifs is 1. The van der Waals surface area contributed by atoms with E-state index in [1.54, 1.807) is 13.2 Å². The molecule has 0 spiro atoms. The number of pyridine rings is 2. The summed E-state index contributed by atoms with van der Waals surface area (Å²) in [5.41, 5.74) is 2.63. The zero-order valence-corrected chi connectivity index (χ0v) is 25.6. The Morgan fingerprint density at radius 3 is 2.67 bits per heavy atom. The summed E-state index contributed by atoms with van der Waals surface area (Å²) < 4.78 is 43.9. The molecule has 0 unspecified atom stereocenters. The highest BCUT2D eigenvalue weighted by Gasteiger charge is 2.29. The number of hydrogen-bond donors (Lipinski definition) is 3. The predicted octanol–water partition coefficient (Wildman–Crippen LogP) is 2.05. The molecule has 0 aromatic carbocycles. The summed E-state index contributed by atoms with van der Waals surface area (Å²) in [6.07, 6.45) is 2.35. The first kappa shape index (κ1) is 33.1. The van der Waals surface area contributed by atoms with Crippen LogP contribution in [-0.2, 0) is 37.2 Å². The molecule has 0 atom stereocenters. The molecule has 0 radical (unpaired) electrons. The smallest absolute Gasteiger partial charge is 0.328 e. The van der Waals surface area contributed by atoms with Gasteiger partial charge in [-0.25, -0.2) is 27.9 Å². The average Bonchev–Trinajstić information content (AvgIpc) is 2.96. The van der Waals surface area contributed by atoms with E-state index in [-0.39, 0.29) is 18.1 Å². The minimum Gasteiger partial charge on any atom is -0.383 e. The molecular weight excluding hydrogens is 564 g/mol. The first-order valence-corrected chi connectivity index (χ1v) is 15.2. The molecule has 3 heterocycles. The minimum absolute atomic E-state index is 0.00217. The van der Waals surface area contributed by atoms with Crippen LogP contribution in [0, 0.1) is 11.3 Å². The minimum atomic E-state index is -3.53. The number of carbonyl (C=O) groups is 1. The number of nitrogens with zero attached hydrogens (tertiary/aromatic N) is 5. The molecule has 0 aliphatic carbocycles. The van der Waals surface area contributed by atoms with Gasteiger partial charge in [-0.05, 0) is 57.1 Å². The Morgan fingerprint density at radius 2 is 2.00 bits per heavy atom. The first-order valence-electron chi connectivity index (χ1n) is 13.5. The number of amides is 2. The molecule has 3 N–H and O–H groups in total. The highest BCUT2D eigenvalue weighted by Crippen LogP contribution is 2.31. The fourth-order valence-corrected chi connectivity index (χ4v) is 5.50. The lowest BCUT2D eigenvalue weighted by Gasteiger charge is -2.30. The van der Waals surface area contributed by atoms with E-state index < -0.39 is 22.3 Å². The van der Waals surface area contributed by atoms with E-state index in [1.807, 2.05) is 25.1 Å². The van der Waals surface area contributed by atoms with E-state index in [4.69, 9.17) is 19.2 Å². The maximum absolute atomic E-state index is 13.4. The fraction of sp³-hybridized carbons (Fsp3) is 0.556.